The molecule has 0 N–H and O–H groups in total. The maximum absolute atomic E-state index is 2.45. The van der Waals surface area contributed by atoms with Crippen LogP contribution < -0.4 is 0 Å². The summed E-state index contributed by atoms with van der Waals surface area (Å²) in [6.07, 6.45) is 0. The van der Waals surface area contributed by atoms with Gasteiger partial charge in [-0.3, -0.25) is 0 Å². The molecule has 0 aliphatic heterocycles. The van der Waals surface area contributed by atoms with E-state index in [1.807, 2.05) is 0 Å². The lowest BCUT2D eigenvalue weighted by molar-refractivity contribution is 1.02. The lowest BCUT2D eigenvalue weighted by Gasteiger charge is -2.21. The summed E-state index contributed by atoms with van der Waals surface area (Å²) < 4.78 is 0. The Morgan fingerprint density at radius 3 is 2.05 bits per heavy atom. The van der Waals surface area contributed by atoms with E-state index in [9.17, 15) is 0 Å². The predicted octanol–water partition coefficient (Wildman–Crippen LogP) is 11.1. The Kier molecular flexibility index (Phi) is 5.22. The maximum Gasteiger partial charge on any atom is 0.0358 e. The van der Waals surface area contributed by atoms with Gasteiger partial charge in [0.15, 0.2) is 0 Å². The van der Waals surface area contributed by atoms with Crippen molar-refractivity contribution < 1.29 is 0 Å². The number of benzene rings is 6. The fraction of sp³-hybridized carbons (Fsp3) is 0.0263. The molecule has 6 aromatic carbocycles. The minimum Gasteiger partial charge on any atom is -0.0672 e. The number of rotatable bonds is 3. The largest absolute Gasteiger partial charge is 0.0672 e. The van der Waals surface area contributed by atoms with Crippen LogP contribution in [0.3, 0.4) is 0 Å². The van der Waals surface area contributed by atoms with Crippen molar-refractivity contribution >= 4 is 29.7 Å². The van der Waals surface area contributed by atoms with E-state index in [-0.39, 0.29) is 5.92 Å². The van der Waals surface area contributed by atoms with E-state index in [1.165, 1.54) is 79.5 Å². The van der Waals surface area contributed by atoms with Crippen molar-refractivity contribution in [2.45, 2.75) is 5.92 Å². The molecule has 8 rings (SSSR count). The zero-order chi connectivity index (χ0) is 25.8. The quantitative estimate of drug-likeness (QED) is 0.221. The lowest BCUT2D eigenvalue weighted by Crippen LogP contribution is -2.01. The van der Waals surface area contributed by atoms with Gasteiger partial charge >= 0.3 is 0 Å². The van der Waals surface area contributed by atoms with Gasteiger partial charge in [-0.25, -0.2) is 0 Å². The molecule has 1 heterocycles. The number of hydrogen-bond acceptors (Lipinski definition) is 0. The van der Waals surface area contributed by atoms with E-state index < -0.39 is 0 Å². The molecule has 1 aromatic heterocycles. The molecule has 1 heteroatoms. The summed E-state index contributed by atoms with van der Waals surface area (Å²) in [6.45, 7) is 0. The van der Waals surface area contributed by atoms with Crippen LogP contribution in [0.25, 0.3) is 54.7 Å². The van der Waals surface area contributed by atoms with Crippen LogP contribution in [0.2, 0.25) is 0 Å². The van der Waals surface area contributed by atoms with Gasteiger partial charge in [0.1, 0.15) is 0 Å². The summed E-state index contributed by atoms with van der Waals surface area (Å²) in [5, 5.41) is 6.56. The highest BCUT2D eigenvalue weighted by Crippen LogP contribution is 2.54. The summed E-state index contributed by atoms with van der Waals surface area (Å²) in [4.78, 5) is 0. The first-order valence-corrected chi connectivity index (χ1v) is 14.5. The van der Waals surface area contributed by atoms with Gasteiger partial charge in [0.25, 0.3) is 0 Å². The molecule has 0 nitrogen and oxygen atoms in total. The smallest absolute Gasteiger partial charge is 0.0358 e. The Bertz CT molecular complexity index is 2010. The molecule has 7 aromatic rings. The number of hydrogen-bond donors (Lipinski definition) is 0. The van der Waals surface area contributed by atoms with Gasteiger partial charge in [0.2, 0.25) is 0 Å². The molecule has 0 saturated carbocycles. The highest BCUT2D eigenvalue weighted by Gasteiger charge is 2.33. The van der Waals surface area contributed by atoms with Crippen LogP contribution in [-0.2, 0) is 0 Å². The van der Waals surface area contributed by atoms with Gasteiger partial charge in [-0.05, 0) is 90.0 Å². The van der Waals surface area contributed by atoms with Crippen molar-refractivity contribution in [1.82, 2.24) is 0 Å². The second-order valence-corrected chi connectivity index (χ2v) is 11.4. The summed E-state index contributed by atoms with van der Waals surface area (Å²) in [5.74, 6) is 2.61. The highest BCUT2D eigenvalue weighted by atomic mass is 31.0. The molecular weight excluding hydrogens is 487 g/mol. The normalized spacial score (nSPS) is 14.1. The van der Waals surface area contributed by atoms with E-state index in [0.29, 0.717) is 0 Å². The zero-order valence-corrected chi connectivity index (χ0v) is 22.3. The molecule has 39 heavy (non-hydrogen) atoms. The van der Waals surface area contributed by atoms with Crippen LogP contribution in [0, 0.1) is 0 Å². The molecule has 0 saturated heterocycles. The molecule has 182 valence electrons. The van der Waals surface area contributed by atoms with Gasteiger partial charge in [-0.1, -0.05) is 130 Å². The van der Waals surface area contributed by atoms with Gasteiger partial charge in [-0.2, -0.15) is 0 Å². The third-order valence-electron chi connectivity index (χ3n) is 8.15. The van der Waals surface area contributed by atoms with Crippen LogP contribution in [0.5, 0.6) is 0 Å². The molecule has 0 fully saturated rings. The Balaban J connectivity index is 1.45. The van der Waals surface area contributed by atoms with E-state index >= 15 is 0 Å². The van der Waals surface area contributed by atoms with Crippen LogP contribution >= 0.6 is 8.19 Å². The zero-order valence-electron chi connectivity index (χ0n) is 21.4. The van der Waals surface area contributed by atoms with Crippen molar-refractivity contribution in [3.05, 3.63) is 162 Å². The van der Waals surface area contributed by atoms with Gasteiger partial charge in [0, 0.05) is 11.2 Å². The second-order valence-electron chi connectivity index (χ2n) is 10.4. The topological polar surface area (TPSA) is 0 Å². The van der Waals surface area contributed by atoms with Crippen molar-refractivity contribution in [2.75, 3.05) is 0 Å². The Hall–Kier alpha value is -4.51. The van der Waals surface area contributed by atoms with Crippen molar-refractivity contribution in [3.8, 4) is 33.1 Å². The van der Waals surface area contributed by atoms with Gasteiger partial charge < -0.3 is 0 Å². The first-order valence-electron chi connectivity index (χ1n) is 13.5. The summed E-state index contributed by atoms with van der Waals surface area (Å²) in [5.41, 5.74) is 10.8. The average Bonchev–Trinajstić information content (AvgIpc) is 3.34. The Labute approximate surface area is 230 Å². The van der Waals surface area contributed by atoms with Crippen molar-refractivity contribution in [3.63, 3.8) is 0 Å². The molecule has 1 atom stereocenters. The van der Waals surface area contributed by atoms with E-state index in [1.54, 1.807) is 0 Å². The molecule has 0 spiro atoms. The van der Waals surface area contributed by atoms with Gasteiger partial charge in [0.05, 0.1) is 0 Å². The molecule has 0 bridgehead atoms. The van der Waals surface area contributed by atoms with E-state index in [4.69, 9.17) is 0 Å². The molecule has 1 aliphatic carbocycles. The van der Waals surface area contributed by atoms with Crippen LogP contribution in [0.4, 0.5) is 0 Å². The third-order valence-corrected chi connectivity index (χ3v) is 9.23. The summed E-state index contributed by atoms with van der Waals surface area (Å²) in [6, 6.07) is 51.4. The van der Waals surface area contributed by atoms with E-state index in [0.717, 1.165) is 0 Å². The predicted molar refractivity (Wildman–Crippen MR) is 168 cm³/mol. The van der Waals surface area contributed by atoms with Crippen LogP contribution in [-0.4, -0.2) is 0 Å². The Morgan fingerprint density at radius 2 is 1.21 bits per heavy atom. The highest BCUT2D eigenvalue weighted by molar-refractivity contribution is 7.33. The molecule has 1 unspecified atom stereocenters. The molecule has 0 radical (unpaired) electrons. The fourth-order valence-electron chi connectivity index (χ4n) is 6.40. The monoisotopic (exact) mass is 512 g/mol. The molecular formula is C38H25P. The minimum atomic E-state index is 0.204. The van der Waals surface area contributed by atoms with Crippen molar-refractivity contribution in [2.24, 2.45) is 0 Å². The molecule has 1 aliphatic rings. The first kappa shape index (κ1) is 22.5. The van der Waals surface area contributed by atoms with E-state index in [2.05, 4.69) is 145 Å². The second kappa shape index (κ2) is 9.05. The van der Waals surface area contributed by atoms with Crippen LogP contribution in [0.15, 0.2) is 145 Å². The third kappa shape index (κ3) is 3.64. The van der Waals surface area contributed by atoms with Crippen LogP contribution in [0.1, 0.15) is 22.6 Å². The average molecular weight is 513 g/mol. The SMILES string of the molecule is c1ccc(-c2c3c(cc4cpc(-c5ccc6ccccc6c5)cc24)-c2ccccc2C3c2ccccc2)cc1. The van der Waals surface area contributed by atoms with Crippen molar-refractivity contribution in [1.29, 1.82) is 0 Å². The summed E-state index contributed by atoms with van der Waals surface area (Å²) >= 11 is 0. The Morgan fingerprint density at radius 1 is 0.487 bits per heavy atom. The number of fused-ring (bicyclic) bond motifs is 5. The summed E-state index contributed by atoms with van der Waals surface area (Å²) in [7, 11) is 1.23. The lowest BCUT2D eigenvalue weighted by atomic mass is 9.83. The molecule has 0 amide bonds. The first-order chi connectivity index (χ1) is 19.3. The fourth-order valence-corrected chi connectivity index (χ4v) is 7.38. The standard InChI is InChI=1S/C38H25P/c1-3-12-26(13-4-1)36-32-18-10-9-17-31(32)34-22-30-24-39-35(29-20-19-25-11-7-8-16-28(25)21-29)23-33(30)37(38(34)36)27-14-5-2-6-15-27/h1-24,36H. The minimum absolute atomic E-state index is 0.204. The maximum atomic E-state index is 2.45. The van der Waals surface area contributed by atoms with Gasteiger partial charge in [-0.15, -0.1) is 0 Å².